The maximum Gasteiger partial charge on any atom is 0.289 e. The van der Waals surface area contributed by atoms with Gasteiger partial charge in [0.15, 0.2) is 0 Å². The number of aryl methyl sites for hydroxylation is 1. The Hall–Kier alpha value is -1.65. The van der Waals surface area contributed by atoms with Gasteiger partial charge in [0.05, 0.1) is 6.20 Å². The molecule has 1 rings (SSSR count). The van der Waals surface area contributed by atoms with E-state index in [1.54, 1.807) is 17.9 Å². The largest absolute Gasteiger partial charge is 0.335 e. The summed E-state index contributed by atoms with van der Waals surface area (Å²) >= 11 is 0. The van der Waals surface area contributed by atoms with Crippen LogP contribution in [0.15, 0.2) is 6.20 Å². The molecule has 1 heterocycles. The van der Waals surface area contributed by atoms with Crippen molar-refractivity contribution in [2.75, 3.05) is 7.05 Å². The Morgan fingerprint density at radius 1 is 1.53 bits per heavy atom. The average molecular weight is 209 g/mol. The number of Topliss-reactive ketones (excluding diaryl/α,β-unsaturated/α-hetero) is 1. The molecule has 0 saturated heterocycles. The third-order valence-corrected chi connectivity index (χ3v) is 2.39. The first-order valence-electron chi connectivity index (χ1n) is 4.67. The summed E-state index contributed by atoms with van der Waals surface area (Å²) in [6.45, 7) is 3.61. The van der Waals surface area contributed by atoms with Crippen LogP contribution in [0.4, 0.5) is 0 Å². The fourth-order valence-electron chi connectivity index (χ4n) is 1.30. The van der Waals surface area contributed by atoms with Gasteiger partial charge in [-0.15, -0.1) is 0 Å². The van der Waals surface area contributed by atoms with Crippen molar-refractivity contribution in [1.82, 2.24) is 14.7 Å². The van der Waals surface area contributed by atoms with Gasteiger partial charge >= 0.3 is 0 Å². The number of amides is 1. The molecule has 15 heavy (non-hydrogen) atoms. The minimum atomic E-state index is -0.474. The fraction of sp³-hybridized carbons (Fsp3) is 0.500. The highest BCUT2D eigenvalue weighted by atomic mass is 16.2. The zero-order chi connectivity index (χ0) is 11.6. The Morgan fingerprint density at radius 2 is 2.13 bits per heavy atom. The third-order valence-electron chi connectivity index (χ3n) is 2.39. The first kappa shape index (κ1) is 11.4. The molecule has 0 fully saturated rings. The molecular weight excluding hydrogens is 194 g/mol. The SMILES string of the molecule is CC(=O)C(=O)N(C)Cc1cnn(C)c1C. The van der Waals surface area contributed by atoms with Crippen LogP contribution in [0.25, 0.3) is 0 Å². The highest BCUT2D eigenvalue weighted by molar-refractivity contribution is 6.34. The highest BCUT2D eigenvalue weighted by Crippen LogP contribution is 2.08. The van der Waals surface area contributed by atoms with Crippen molar-refractivity contribution in [3.63, 3.8) is 0 Å². The molecule has 82 valence electrons. The van der Waals surface area contributed by atoms with Gasteiger partial charge in [-0.25, -0.2) is 0 Å². The van der Waals surface area contributed by atoms with Crippen LogP contribution in [-0.4, -0.2) is 33.4 Å². The van der Waals surface area contributed by atoms with Crippen LogP contribution in [0.3, 0.4) is 0 Å². The monoisotopic (exact) mass is 209 g/mol. The topological polar surface area (TPSA) is 55.2 Å². The number of carbonyl (C=O) groups excluding carboxylic acids is 2. The standard InChI is InChI=1S/C10H15N3O2/c1-7-9(5-11-13(7)4)6-12(3)10(15)8(2)14/h5H,6H2,1-4H3. The summed E-state index contributed by atoms with van der Waals surface area (Å²) < 4.78 is 1.74. The molecule has 0 spiro atoms. The van der Waals surface area contributed by atoms with Crippen molar-refractivity contribution in [2.24, 2.45) is 7.05 Å². The summed E-state index contributed by atoms with van der Waals surface area (Å²) in [7, 11) is 3.45. The summed E-state index contributed by atoms with van der Waals surface area (Å²) in [5, 5.41) is 4.07. The molecule has 0 aliphatic heterocycles. The average Bonchev–Trinajstić information content (AvgIpc) is 2.48. The summed E-state index contributed by atoms with van der Waals surface area (Å²) in [4.78, 5) is 23.6. The molecular formula is C10H15N3O2. The molecule has 0 saturated carbocycles. The van der Waals surface area contributed by atoms with Crippen molar-refractivity contribution in [3.05, 3.63) is 17.5 Å². The molecule has 0 aromatic carbocycles. The molecule has 1 aromatic rings. The summed E-state index contributed by atoms with van der Waals surface area (Å²) in [6, 6.07) is 0. The molecule has 0 radical (unpaired) electrons. The second-order valence-corrected chi connectivity index (χ2v) is 3.60. The lowest BCUT2D eigenvalue weighted by molar-refractivity contribution is -0.143. The number of hydrogen-bond donors (Lipinski definition) is 0. The van der Waals surface area contributed by atoms with Crippen LogP contribution in [0.1, 0.15) is 18.2 Å². The Labute approximate surface area is 88.7 Å². The van der Waals surface area contributed by atoms with E-state index in [0.717, 1.165) is 11.3 Å². The van der Waals surface area contributed by atoms with Gasteiger partial charge in [0.2, 0.25) is 5.78 Å². The maximum absolute atomic E-state index is 11.3. The molecule has 0 bridgehead atoms. The predicted octanol–water partition coefficient (Wildman–Crippen LogP) is 0.276. The fourth-order valence-corrected chi connectivity index (χ4v) is 1.30. The van der Waals surface area contributed by atoms with Crippen molar-refractivity contribution < 1.29 is 9.59 Å². The minimum absolute atomic E-state index is 0.415. The zero-order valence-electron chi connectivity index (χ0n) is 9.44. The van der Waals surface area contributed by atoms with Gasteiger partial charge in [-0.05, 0) is 6.92 Å². The molecule has 0 unspecified atom stereocenters. The Bertz CT molecular complexity index is 395. The zero-order valence-corrected chi connectivity index (χ0v) is 9.44. The lowest BCUT2D eigenvalue weighted by Gasteiger charge is -2.14. The van der Waals surface area contributed by atoms with Crippen LogP contribution in [0.5, 0.6) is 0 Å². The van der Waals surface area contributed by atoms with Gasteiger partial charge in [-0.1, -0.05) is 0 Å². The maximum atomic E-state index is 11.3. The number of likely N-dealkylation sites (N-methyl/N-ethyl adjacent to an activating group) is 1. The van der Waals surface area contributed by atoms with Crippen LogP contribution in [-0.2, 0) is 23.2 Å². The van der Waals surface area contributed by atoms with Crippen LogP contribution < -0.4 is 0 Å². The summed E-state index contributed by atoms with van der Waals surface area (Å²) in [5.41, 5.74) is 1.95. The van der Waals surface area contributed by atoms with E-state index in [1.165, 1.54) is 11.8 Å². The van der Waals surface area contributed by atoms with E-state index in [-0.39, 0.29) is 0 Å². The predicted molar refractivity (Wildman–Crippen MR) is 55.1 cm³/mol. The molecule has 5 nitrogen and oxygen atoms in total. The van der Waals surface area contributed by atoms with E-state index in [0.29, 0.717) is 6.54 Å². The van der Waals surface area contributed by atoms with Crippen LogP contribution in [0, 0.1) is 6.92 Å². The number of aromatic nitrogens is 2. The van der Waals surface area contributed by atoms with Gasteiger partial charge in [0.1, 0.15) is 0 Å². The van der Waals surface area contributed by atoms with E-state index >= 15 is 0 Å². The van der Waals surface area contributed by atoms with Crippen molar-refractivity contribution in [3.8, 4) is 0 Å². The Balaban J connectivity index is 2.74. The van der Waals surface area contributed by atoms with Crippen LogP contribution in [0.2, 0.25) is 0 Å². The Kier molecular flexibility index (Phi) is 3.24. The highest BCUT2D eigenvalue weighted by Gasteiger charge is 2.15. The molecule has 5 heteroatoms. The molecule has 0 aliphatic carbocycles. The smallest absolute Gasteiger partial charge is 0.289 e. The van der Waals surface area contributed by atoms with Gasteiger partial charge in [0.25, 0.3) is 5.91 Å². The number of hydrogen-bond acceptors (Lipinski definition) is 3. The first-order chi connectivity index (χ1) is 6.93. The lowest BCUT2D eigenvalue weighted by atomic mass is 10.2. The van der Waals surface area contributed by atoms with E-state index < -0.39 is 11.7 Å². The van der Waals surface area contributed by atoms with Crippen LogP contribution >= 0.6 is 0 Å². The number of carbonyl (C=O) groups is 2. The number of ketones is 1. The quantitative estimate of drug-likeness (QED) is 0.672. The number of rotatable bonds is 3. The van der Waals surface area contributed by atoms with Gasteiger partial charge in [-0.3, -0.25) is 14.3 Å². The molecule has 0 atom stereocenters. The number of nitrogens with zero attached hydrogens (tertiary/aromatic N) is 3. The van der Waals surface area contributed by atoms with E-state index in [1.807, 2.05) is 14.0 Å². The molecule has 0 aliphatic rings. The Morgan fingerprint density at radius 3 is 2.53 bits per heavy atom. The van der Waals surface area contributed by atoms with Gasteiger partial charge < -0.3 is 4.90 Å². The second kappa shape index (κ2) is 4.25. The van der Waals surface area contributed by atoms with Crippen molar-refractivity contribution in [1.29, 1.82) is 0 Å². The summed E-state index contributed by atoms with van der Waals surface area (Å²) in [6.07, 6.45) is 1.71. The van der Waals surface area contributed by atoms with E-state index in [9.17, 15) is 9.59 Å². The molecule has 0 N–H and O–H groups in total. The minimum Gasteiger partial charge on any atom is -0.335 e. The van der Waals surface area contributed by atoms with E-state index in [4.69, 9.17) is 0 Å². The van der Waals surface area contributed by atoms with Crippen molar-refractivity contribution in [2.45, 2.75) is 20.4 Å². The van der Waals surface area contributed by atoms with E-state index in [2.05, 4.69) is 5.10 Å². The third kappa shape index (κ3) is 2.43. The van der Waals surface area contributed by atoms with Crippen molar-refractivity contribution >= 4 is 11.7 Å². The summed E-state index contributed by atoms with van der Waals surface area (Å²) in [5.74, 6) is -0.919. The molecule has 1 aromatic heterocycles. The normalized spacial score (nSPS) is 10.1. The molecule has 1 amide bonds. The first-order valence-corrected chi connectivity index (χ1v) is 4.67. The second-order valence-electron chi connectivity index (χ2n) is 3.60. The lowest BCUT2D eigenvalue weighted by Crippen LogP contribution is -2.31. The van der Waals surface area contributed by atoms with Gasteiger partial charge in [0, 0.05) is 38.8 Å². The van der Waals surface area contributed by atoms with Gasteiger partial charge in [-0.2, -0.15) is 5.10 Å².